The van der Waals surface area contributed by atoms with Crippen molar-refractivity contribution in [3.8, 4) is 5.88 Å². The fourth-order valence-corrected chi connectivity index (χ4v) is 1.49. The second kappa shape index (κ2) is 8.19. The van der Waals surface area contributed by atoms with Crippen LogP contribution in [-0.2, 0) is 6.42 Å². The van der Waals surface area contributed by atoms with Gasteiger partial charge in [0.05, 0.1) is 18.5 Å². The Morgan fingerprint density at radius 3 is 2.20 bits per heavy atom. The van der Waals surface area contributed by atoms with Crippen LogP contribution in [0.25, 0.3) is 0 Å². The van der Waals surface area contributed by atoms with Gasteiger partial charge in [-0.3, -0.25) is 15.0 Å². The Balaban J connectivity index is 0.000000204. The number of hydrogen-bond acceptors (Lipinski definition) is 5. The Kier molecular flexibility index (Phi) is 6.56. The van der Waals surface area contributed by atoms with E-state index in [2.05, 4.69) is 40.7 Å². The van der Waals surface area contributed by atoms with Crippen molar-refractivity contribution in [1.29, 1.82) is 0 Å². The molecule has 0 unspecified atom stereocenters. The molecule has 0 N–H and O–H groups in total. The first-order valence-corrected chi connectivity index (χ1v) is 6.70. The van der Waals surface area contributed by atoms with Gasteiger partial charge in [0.15, 0.2) is 0 Å². The molecule has 0 aromatic carbocycles. The van der Waals surface area contributed by atoms with Crippen LogP contribution < -0.4 is 4.74 Å². The van der Waals surface area contributed by atoms with E-state index < -0.39 is 0 Å². The largest absolute Gasteiger partial charge is 0.480 e. The van der Waals surface area contributed by atoms with Gasteiger partial charge in [0.25, 0.3) is 0 Å². The summed E-state index contributed by atoms with van der Waals surface area (Å²) in [6.45, 7) is 8.13. The molecule has 0 saturated heterocycles. The molecule has 5 heteroatoms. The van der Waals surface area contributed by atoms with E-state index in [1.54, 1.807) is 25.7 Å². The second-order valence-corrected chi connectivity index (χ2v) is 4.61. The number of methoxy groups -OCH3 is 1. The molecule has 0 amide bonds. The summed E-state index contributed by atoms with van der Waals surface area (Å²) < 4.78 is 5.03. The molecule has 2 aromatic heterocycles. The fraction of sp³-hybridized carbons (Fsp3) is 0.467. The molecule has 0 fully saturated rings. The molecule has 20 heavy (non-hydrogen) atoms. The summed E-state index contributed by atoms with van der Waals surface area (Å²) in [5.74, 6) is 0.987. The number of aryl methyl sites for hydroxylation is 2. The minimum atomic E-state index is 0.360. The zero-order valence-corrected chi connectivity index (χ0v) is 12.8. The van der Waals surface area contributed by atoms with Gasteiger partial charge in [-0.15, -0.1) is 0 Å². The molecular formula is C15H22N4O. The zero-order chi connectivity index (χ0) is 15.0. The van der Waals surface area contributed by atoms with Gasteiger partial charge in [-0.1, -0.05) is 20.8 Å². The fourth-order valence-electron chi connectivity index (χ4n) is 1.49. The van der Waals surface area contributed by atoms with E-state index in [4.69, 9.17) is 4.74 Å². The molecule has 0 aliphatic carbocycles. The van der Waals surface area contributed by atoms with Crippen molar-refractivity contribution in [2.24, 2.45) is 0 Å². The first-order chi connectivity index (χ1) is 9.58. The van der Waals surface area contributed by atoms with Crippen LogP contribution in [0.5, 0.6) is 5.88 Å². The predicted molar refractivity (Wildman–Crippen MR) is 78.8 cm³/mol. The maximum Gasteiger partial charge on any atom is 0.235 e. The zero-order valence-electron chi connectivity index (χ0n) is 12.8. The van der Waals surface area contributed by atoms with Crippen LogP contribution >= 0.6 is 0 Å². The SMILES string of the molecule is CCc1cnc(C)cn1.COc1nccnc1C(C)C. The molecule has 2 rings (SSSR count). The van der Waals surface area contributed by atoms with Crippen LogP contribution in [0.4, 0.5) is 0 Å². The molecule has 0 aliphatic heterocycles. The Morgan fingerprint density at radius 2 is 1.75 bits per heavy atom. The third-order valence-electron chi connectivity index (χ3n) is 2.63. The van der Waals surface area contributed by atoms with Crippen molar-refractivity contribution in [2.45, 2.75) is 40.0 Å². The minimum Gasteiger partial charge on any atom is -0.480 e. The van der Waals surface area contributed by atoms with Crippen LogP contribution in [0.15, 0.2) is 24.8 Å². The molecule has 0 atom stereocenters. The lowest BCUT2D eigenvalue weighted by Crippen LogP contribution is -1.99. The highest BCUT2D eigenvalue weighted by atomic mass is 16.5. The minimum absolute atomic E-state index is 0.360. The van der Waals surface area contributed by atoms with Crippen molar-refractivity contribution in [3.05, 3.63) is 41.9 Å². The van der Waals surface area contributed by atoms with Gasteiger partial charge < -0.3 is 4.74 Å². The van der Waals surface area contributed by atoms with Crippen LogP contribution in [-0.4, -0.2) is 27.0 Å². The Labute approximate surface area is 120 Å². The molecule has 108 valence electrons. The topological polar surface area (TPSA) is 60.8 Å². The summed E-state index contributed by atoms with van der Waals surface area (Å²) in [5, 5.41) is 0. The van der Waals surface area contributed by atoms with Gasteiger partial charge in [0.2, 0.25) is 5.88 Å². The van der Waals surface area contributed by atoms with E-state index in [9.17, 15) is 0 Å². The molecule has 2 aromatic rings. The third-order valence-corrected chi connectivity index (χ3v) is 2.63. The van der Waals surface area contributed by atoms with E-state index in [0.717, 1.165) is 23.5 Å². The number of hydrogen-bond donors (Lipinski definition) is 0. The number of aromatic nitrogens is 4. The number of ether oxygens (including phenoxy) is 1. The summed E-state index contributed by atoms with van der Waals surface area (Å²) in [5.41, 5.74) is 2.95. The maximum atomic E-state index is 5.03. The molecule has 0 spiro atoms. The van der Waals surface area contributed by atoms with E-state index >= 15 is 0 Å². The van der Waals surface area contributed by atoms with Gasteiger partial charge in [-0.25, -0.2) is 4.98 Å². The van der Waals surface area contributed by atoms with Crippen molar-refractivity contribution in [1.82, 2.24) is 19.9 Å². The first kappa shape index (κ1) is 16.0. The normalized spacial score (nSPS) is 9.90. The van der Waals surface area contributed by atoms with Gasteiger partial charge in [0.1, 0.15) is 5.69 Å². The molecule has 0 radical (unpaired) electrons. The summed E-state index contributed by atoms with van der Waals surface area (Å²) >= 11 is 0. The van der Waals surface area contributed by atoms with E-state index in [1.165, 1.54) is 0 Å². The van der Waals surface area contributed by atoms with Crippen molar-refractivity contribution < 1.29 is 4.74 Å². The van der Waals surface area contributed by atoms with Crippen LogP contribution in [0.2, 0.25) is 0 Å². The van der Waals surface area contributed by atoms with E-state index in [-0.39, 0.29) is 0 Å². The molecular weight excluding hydrogens is 252 g/mol. The number of rotatable bonds is 3. The third kappa shape index (κ3) is 4.91. The average molecular weight is 274 g/mol. The van der Waals surface area contributed by atoms with Gasteiger partial charge >= 0.3 is 0 Å². The van der Waals surface area contributed by atoms with Crippen LogP contribution in [0, 0.1) is 6.92 Å². The lowest BCUT2D eigenvalue weighted by Gasteiger charge is -2.07. The molecule has 2 heterocycles. The monoisotopic (exact) mass is 274 g/mol. The Morgan fingerprint density at radius 1 is 1.05 bits per heavy atom. The lowest BCUT2D eigenvalue weighted by molar-refractivity contribution is 0.386. The summed E-state index contributed by atoms with van der Waals surface area (Å²) in [4.78, 5) is 16.4. The molecule has 5 nitrogen and oxygen atoms in total. The Hall–Kier alpha value is -2.04. The highest BCUT2D eigenvalue weighted by molar-refractivity contribution is 5.20. The highest BCUT2D eigenvalue weighted by Gasteiger charge is 2.07. The van der Waals surface area contributed by atoms with Gasteiger partial charge in [-0.05, 0) is 13.3 Å². The standard InChI is InChI=1S/C8H12N2O.C7H10N2/c1-6(2)7-8(11-3)10-5-4-9-7;1-3-7-5-8-6(2)4-9-7/h4-6H,1-3H3;4-5H,3H2,1-2H3. The summed E-state index contributed by atoms with van der Waals surface area (Å²) in [6, 6.07) is 0. The molecule has 0 aliphatic rings. The van der Waals surface area contributed by atoms with Crippen molar-refractivity contribution in [3.63, 3.8) is 0 Å². The number of nitrogens with zero attached hydrogens (tertiary/aromatic N) is 4. The average Bonchev–Trinajstić information content (AvgIpc) is 2.48. The van der Waals surface area contributed by atoms with Gasteiger partial charge in [0, 0.05) is 30.7 Å². The lowest BCUT2D eigenvalue weighted by atomic mass is 10.1. The molecule has 0 saturated carbocycles. The maximum absolute atomic E-state index is 5.03. The molecule has 0 bridgehead atoms. The summed E-state index contributed by atoms with van der Waals surface area (Å²) in [6.07, 6.45) is 7.88. The smallest absolute Gasteiger partial charge is 0.235 e. The van der Waals surface area contributed by atoms with Crippen LogP contribution in [0.1, 0.15) is 43.8 Å². The van der Waals surface area contributed by atoms with Crippen molar-refractivity contribution in [2.75, 3.05) is 7.11 Å². The first-order valence-electron chi connectivity index (χ1n) is 6.70. The van der Waals surface area contributed by atoms with Crippen molar-refractivity contribution >= 4 is 0 Å². The van der Waals surface area contributed by atoms with E-state index in [0.29, 0.717) is 11.8 Å². The quantitative estimate of drug-likeness (QED) is 0.861. The van der Waals surface area contributed by atoms with E-state index in [1.807, 2.05) is 13.1 Å². The van der Waals surface area contributed by atoms with Gasteiger partial charge in [-0.2, -0.15) is 0 Å². The predicted octanol–water partition coefficient (Wildman–Crippen LogP) is 2.96. The second-order valence-electron chi connectivity index (χ2n) is 4.61. The highest BCUT2D eigenvalue weighted by Crippen LogP contribution is 2.19. The van der Waals surface area contributed by atoms with Crippen LogP contribution in [0.3, 0.4) is 0 Å². The Bertz CT molecular complexity index is 512. The summed E-state index contributed by atoms with van der Waals surface area (Å²) in [7, 11) is 1.61.